The summed E-state index contributed by atoms with van der Waals surface area (Å²) in [5.74, 6) is 2.34. The van der Waals surface area contributed by atoms with Crippen LogP contribution in [0.4, 0.5) is 0 Å². The van der Waals surface area contributed by atoms with Crippen LogP contribution in [0.3, 0.4) is 0 Å². The molecule has 7 heteroatoms. The van der Waals surface area contributed by atoms with Crippen molar-refractivity contribution >= 4 is 27.9 Å². The fourth-order valence-electron chi connectivity index (χ4n) is 6.07. The molecule has 0 aromatic carbocycles. The van der Waals surface area contributed by atoms with Gasteiger partial charge in [-0.3, -0.25) is 10.0 Å². The molecular weight excluding hydrogens is 562 g/mol. The normalized spacial score (nSPS) is 33.3. The molecule has 3 aliphatic carbocycles. The molecule has 218 valence electrons. The molecule has 0 amide bonds. The van der Waals surface area contributed by atoms with Crippen LogP contribution >= 0.6 is 15.9 Å². The van der Waals surface area contributed by atoms with Crippen molar-refractivity contribution in [2.45, 2.75) is 85.9 Å². The van der Waals surface area contributed by atoms with Crippen LogP contribution in [0.2, 0.25) is 0 Å². The quantitative estimate of drug-likeness (QED) is 0.283. The second-order valence-electron chi connectivity index (χ2n) is 10.9. The molecule has 4 atom stereocenters. The zero-order valence-electron chi connectivity index (χ0n) is 25.6. The van der Waals surface area contributed by atoms with Crippen molar-refractivity contribution in [1.29, 1.82) is 0 Å². The van der Waals surface area contributed by atoms with Crippen LogP contribution in [0.5, 0.6) is 0 Å². The van der Waals surface area contributed by atoms with Gasteiger partial charge in [0.1, 0.15) is 11.7 Å². The van der Waals surface area contributed by atoms with Gasteiger partial charge >= 0.3 is 0 Å². The largest absolute Gasteiger partial charge is 0.263 e. The first-order valence-electron chi connectivity index (χ1n) is 15.1. The first-order chi connectivity index (χ1) is 19.3. The van der Waals surface area contributed by atoms with E-state index in [4.69, 9.17) is 9.98 Å². The van der Waals surface area contributed by atoms with Gasteiger partial charge in [-0.25, -0.2) is 10.0 Å². The summed E-state index contributed by atoms with van der Waals surface area (Å²) in [6.45, 7) is 15.0. The molecule has 4 unspecified atom stereocenters. The lowest BCUT2D eigenvalue weighted by Crippen LogP contribution is -2.52. The summed E-state index contributed by atoms with van der Waals surface area (Å²) in [5, 5.41) is 7.79. The molecule has 1 fully saturated rings. The average molecular weight is 611 g/mol. The van der Waals surface area contributed by atoms with E-state index in [1.807, 2.05) is 41.5 Å². The van der Waals surface area contributed by atoms with E-state index < -0.39 is 0 Å². The van der Waals surface area contributed by atoms with E-state index in [9.17, 15) is 4.91 Å². The molecule has 1 saturated carbocycles. The van der Waals surface area contributed by atoms with Crippen molar-refractivity contribution in [3.8, 4) is 0 Å². The number of halogens is 1. The molecule has 0 radical (unpaired) electrons. The molecular formula is C33H48BrN5O. The van der Waals surface area contributed by atoms with Gasteiger partial charge in [-0.05, 0) is 62.5 Å². The number of nitroso groups, excluding NO2 is 1. The summed E-state index contributed by atoms with van der Waals surface area (Å²) in [4.78, 5) is 21.4. The van der Waals surface area contributed by atoms with Crippen molar-refractivity contribution in [2.24, 2.45) is 38.8 Å². The molecule has 5 aliphatic rings. The Kier molecular flexibility index (Phi) is 11.6. The summed E-state index contributed by atoms with van der Waals surface area (Å²) >= 11 is 3.67. The highest BCUT2D eigenvalue weighted by Gasteiger charge is 2.45. The number of dihydropyridines is 1. The molecule has 0 spiro atoms. The maximum absolute atomic E-state index is 11.1. The number of nitrogens with zero attached hydrogens (tertiary/aromatic N) is 5. The third kappa shape index (κ3) is 6.73. The van der Waals surface area contributed by atoms with Crippen LogP contribution < -0.4 is 0 Å². The van der Waals surface area contributed by atoms with Gasteiger partial charge in [0.05, 0.1) is 11.6 Å². The van der Waals surface area contributed by atoms with Crippen molar-refractivity contribution in [3.63, 3.8) is 0 Å². The Morgan fingerprint density at radius 3 is 2.45 bits per heavy atom. The fraction of sp³-hybridized carbons (Fsp3) is 0.576. The molecule has 0 aromatic heterocycles. The van der Waals surface area contributed by atoms with E-state index in [-0.39, 0.29) is 17.6 Å². The standard InChI is InChI=1S/C29H36BrN5O.2C2H6/c1-5-34(4)35-27(19(2)30)31-18-23-15-25(21-9-7-6-8-10-21)26(32-28(23)35)22-13-11-20(12-14-22)24-16-29(3,17-24)33-36;2*1-2/h6-9,11,13-15,18,20-21,23-24,28H,5,10,12,16-17H2,1-4H3;2*1-2H3/b27-19+;;. The van der Waals surface area contributed by atoms with Crippen molar-refractivity contribution in [3.05, 3.63) is 75.0 Å². The average Bonchev–Trinajstić information content (AvgIpc) is 3.00. The van der Waals surface area contributed by atoms with E-state index in [2.05, 4.69) is 99.9 Å². The Morgan fingerprint density at radius 1 is 1.18 bits per heavy atom. The fourth-order valence-corrected chi connectivity index (χ4v) is 6.35. The zero-order valence-corrected chi connectivity index (χ0v) is 27.2. The monoisotopic (exact) mass is 609 g/mol. The molecule has 2 heterocycles. The van der Waals surface area contributed by atoms with Crippen LogP contribution in [-0.4, -0.2) is 47.2 Å². The van der Waals surface area contributed by atoms with Crippen molar-refractivity contribution < 1.29 is 0 Å². The zero-order chi connectivity index (χ0) is 29.4. The number of rotatable bonds is 6. The van der Waals surface area contributed by atoms with E-state index in [0.717, 1.165) is 48.2 Å². The molecule has 0 N–H and O–H groups in total. The van der Waals surface area contributed by atoms with Crippen LogP contribution in [0.15, 0.2) is 85.2 Å². The molecule has 6 nitrogen and oxygen atoms in total. The molecule has 0 aromatic rings. The molecule has 40 heavy (non-hydrogen) atoms. The molecule has 5 rings (SSSR count). The van der Waals surface area contributed by atoms with Gasteiger partial charge in [-0.15, -0.1) is 0 Å². The van der Waals surface area contributed by atoms with E-state index >= 15 is 0 Å². The Balaban J connectivity index is 0.00000106. The maximum atomic E-state index is 11.1. The van der Waals surface area contributed by atoms with Crippen LogP contribution in [-0.2, 0) is 0 Å². The first-order valence-corrected chi connectivity index (χ1v) is 15.9. The predicted molar refractivity (Wildman–Crippen MR) is 174 cm³/mol. The summed E-state index contributed by atoms with van der Waals surface area (Å²) in [6.07, 6.45) is 23.9. The van der Waals surface area contributed by atoms with Gasteiger partial charge in [-0.1, -0.05) is 104 Å². The van der Waals surface area contributed by atoms with E-state index in [1.165, 1.54) is 11.1 Å². The smallest absolute Gasteiger partial charge is 0.154 e. The molecule has 0 saturated heterocycles. The Morgan fingerprint density at radius 2 is 1.90 bits per heavy atom. The molecule has 0 bridgehead atoms. The number of allylic oxidation sites excluding steroid dienone is 10. The molecule has 2 aliphatic heterocycles. The van der Waals surface area contributed by atoms with E-state index in [1.54, 1.807) is 0 Å². The topological polar surface area (TPSA) is 60.6 Å². The van der Waals surface area contributed by atoms with Gasteiger partial charge < -0.3 is 0 Å². The van der Waals surface area contributed by atoms with Crippen LogP contribution in [0.1, 0.15) is 74.1 Å². The highest BCUT2D eigenvalue weighted by atomic mass is 79.9. The second-order valence-corrected chi connectivity index (χ2v) is 12.1. The third-order valence-electron chi connectivity index (χ3n) is 8.24. The minimum absolute atomic E-state index is 0.0742. The van der Waals surface area contributed by atoms with Gasteiger partial charge in [-0.2, -0.15) is 4.91 Å². The minimum Gasteiger partial charge on any atom is -0.263 e. The van der Waals surface area contributed by atoms with Crippen molar-refractivity contribution in [1.82, 2.24) is 10.0 Å². The number of hydrogen-bond acceptors (Lipinski definition) is 6. The summed E-state index contributed by atoms with van der Waals surface area (Å²) in [5.41, 5.74) is 3.23. The van der Waals surface area contributed by atoms with Crippen molar-refractivity contribution in [2.75, 3.05) is 13.6 Å². The number of hydrogen-bond donors (Lipinski definition) is 0. The van der Waals surface area contributed by atoms with Gasteiger partial charge in [0.25, 0.3) is 0 Å². The SMILES string of the molecule is CC.CC.CCN(C)N1/C(=C(\C)Br)N=CC2C=C(C3C=CC=CC3)C(C3=CCC(C4CC(C)(N=O)C4)C=C3)=NC21. The first kappa shape index (κ1) is 32.1. The van der Waals surface area contributed by atoms with Gasteiger partial charge in [0.2, 0.25) is 0 Å². The van der Waals surface area contributed by atoms with Crippen LogP contribution in [0.25, 0.3) is 0 Å². The van der Waals surface area contributed by atoms with Gasteiger partial charge in [0.15, 0.2) is 5.82 Å². The number of aliphatic imine (C=N–C) groups is 2. The van der Waals surface area contributed by atoms with Gasteiger partial charge in [0, 0.05) is 30.2 Å². The Labute approximate surface area is 250 Å². The number of hydrazine groups is 1. The second kappa shape index (κ2) is 14.5. The lowest BCUT2D eigenvalue weighted by atomic mass is 9.63. The summed E-state index contributed by atoms with van der Waals surface area (Å²) in [6, 6.07) is 0. The minimum atomic E-state index is -0.363. The number of fused-ring (bicyclic) bond motifs is 1. The summed E-state index contributed by atoms with van der Waals surface area (Å²) in [7, 11) is 2.10. The van der Waals surface area contributed by atoms with Crippen LogP contribution in [0, 0.1) is 28.6 Å². The predicted octanol–water partition coefficient (Wildman–Crippen LogP) is 8.77. The Hall–Kier alpha value is -2.38. The lowest BCUT2D eigenvalue weighted by Gasteiger charge is -2.45. The van der Waals surface area contributed by atoms with E-state index in [0.29, 0.717) is 17.8 Å². The highest BCUT2D eigenvalue weighted by molar-refractivity contribution is 9.11. The summed E-state index contributed by atoms with van der Waals surface area (Å²) < 4.78 is 1.00. The maximum Gasteiger partial charge on any atom is 0.154 e. The third-order valence-corrected chi connectivity index (χ3v) is 8.59. The lowest BCUT2D eigenvalue weighted by molar-refractivity contribution is -0.01000. The Bertz CT molecular complexity index is 1150. The highest BCUT2D eigenvalue weighted by Crippen LogP contribution is 2.47.